The summed E-state index contributed by atoms with van der Waals surface area (Å²) in [6.07, 6.45) is 2.18. The smallest absolute Gasteiger partial charge is 0.423 e. The molecule has 0 bridgehead atoms. The molecule has 1 heterocycles. The van der Waals surface area contributed by atoms with Crippen molar-refractivity contribution in [3.63, 3.8) is 0 Å². The van der Waals surface area contributed by atoms with Gasteiger partial charge in [0.1, 0.15) is 0 Å². The molecule has 0 spiro atoms. The number of benzene rings is 1. The highest BCUT2D eigenvalue weighted by Crippen LogP contribution is 2.17. The molecule has 0 saturated carbocycles. The number of amides is 1. The molecule has 2 rings (SSSR count). The molecule has 128 valence electrons. The van der Waals surface area contributed by atoms with Crippen LogP contribution in [0.3, 0.4) is 0 Å². The van der Waals surface area contributed by atoms with Crippen LogP contribution in [-0.2, 0) is 11.3 Å². The Hall–Kier alpha value is -0.895. The average Bonchev–Trinajstić information content (AvgIpc) is 2.94. The molecule has 0 fully saturated rings. The lowest BCUT2D eigenvalue weighted by molar-refractivity contribution is 0.0942. The second-order valence-corrected chi connectivity index (χ2v) is 6.15. The van der Waals surface area contributed by atoms with Gasteiger partial charge in [-0.1, -0.05) is 46.0 Å². The fraction of sp³-hybridized carbons (Fsp3) is 0.588. The first kappa shape index (κ1) is 20.2. The van der Waals surface area contributed by atoms with Gasteiger partial charge in [0.2, 0.25) is 0 Å². The summed E-state index contributed by atoms with van der Waals surface area (Å²) in [7, 11) is 1.51. The number of rotatable bonds is 6. The predicted molar refractivity (Wildman–Crippen MR) is 100 cm³/mol. The van der Waals surface area contributed by atoms with Crippen LogP contribution in [0.1, 0.15) is 49.5 Å². The number of carbonyl (C=O) groups is 1. The van der Waals surface area contributed by atoms with Crippen LogP contribution < -0.4 is 10.8 Å². The van der Waals surface area contributed by atoms with E-state index in [-0.39, 0.29) is 5.91 Å². The molecular formula is C17H29BNO3P. The molecule has 1 aliphatic rings. The average molecular weight is 337 g/mol. The number of hydrogen-bond acceptors (Lipinski definition) is 3. The summed E-state index contributed by atoms with van der Waals surface area (Å²) in [5.74, 6) is 1.07. The Balaban J connectivity index is 0.00000127. The lowest BCUT2D eigenvalue weighted by Gasteiger charge is -2.18. The number of hydrogen-bond donors (Lipinski definition) is 2. The summed E-state index contributed by atoms with van der Waals surface area (Å²) in [5, 5.41) is 12.7. The molecule has 2 N–H and O–H groups in total. The molecule has 0 aliphatic carbocycles. The second-order valence-electron chi connectivity index (χ2n) is 6.15. The third kappa shape index (κ3) is 5.60. The Morgan fingerprint density at radius 3 is 2.74 bits per heavy atom. The molecule has 2 atom stereocenters. The van der Waals surface area contributed by atoms with Gasteiger partial charge < -0.3 is 15.0 Å². The fourth-order valence-corrected chi connectivity index (χ4v) is 2.86. The van der Waals surface area contributed by atoms with Gasteiger partial charge in [0.15, 0.2) is 0 Å². The molecule has 4 nitrogen and oxygen atoms in total. The summed E-state index contributed by atoms with van der Waals surface area (Å²) in [4.78, 5) is 12.4. The second kappa shape index (κ2) is 10.1. The van der Waals surface area contributed by atoms with Gasteiger partial charge in [-0.05, 0) is 35.3 Å². The molecule has 2 unspecified atom stereocenters. The molecule has 1 aromatic carbocycles. The van der Waals surface area contributed by atoms with E-state index in [2.05, 4.69) is 35.3 Å². The first-order valence-electron chi connectivity index (χ1n) is 8.30. The van der Waals surface area contributed by atoms with Crippen LogP contribution in [-0.4, -0.2) is 31.3 Å². The minimum absolute atomic E-state index is 0.0771. The van der Waals surface area contributed by atoms with Gasteiger partial charge in [-0.15, -0.1) is 9.24 Å². The van der Waals surface area contributed by atoms with Gasteiger partial charge in [-0.2, -0.15) is 0 Å². The summed E-state index contributed by atoms with van der Waals surface area (Å²) >= 11 is 0. The standard InChI is InChI=1S/C16H24BNO3.CH5P/c1-4-12(8-11(2)3)9-18-16(19)13-6-5-7-15-14(13)10-21-17(15)20;1-2/h5-7,11-12,20H,4,8-10H2,1-3H3,(H,18,19);2H2,1H3. The summed E-state index contributed by atoms with van der Waals surface area (Å²) in [6.45, 7) is 9.47. The third-order valence-electron chi connectivity index (χ3n) is 4.04. The zero-order valence-corrected chi connectivity index (χ0v) is 15.8. The molecule has 0 saturated heterocycles. The monoisotopic (exact) mass is 337 g/mol. The van der Waals surface area contributed by atoms with Crippen molar-refractivity contribution in [2.45, 2.75) is 40.2 Å². The van der Waals surface area contributed by atoms with Crippen molar-refractivity contribution < 1.29 is 14.5 Å². The van der Waals surface area contributed by atoms with E-state index in [1.807, 2.05) is 6.66 Å². The normalized spacial score (nSPS) is 14.1. The van der Waals surface area contributed by atoms with Crippen LogP contribution in [0.2, 0.25) is 0 Å². The van der Waals surface area contributed by atoms with Crippen molar-refractivity contribution in [3.8, 4) is 0 Å². The Labute approximate surface area is 142 Å². The van der Waals surface area contributed by atoms with Crippen molar-refractivity contribution >= 4 is 27.7 Å². The van der Waals surface area contributed by atoms with Crippen molar-refractivity contribution in [2.24, 2.45) is 11.8 Å². The molecule has 23 heavy (non-hydrogen) atoms. The Kier molecular flexibility index (Phi) is 8.82. The molecule has 0 aromatic heterocycles. The van der Waals surface area contributed by atoms with Crippen LogP contribution in [0.4, 0.5) is 0 Å². The Bertz CT molecular complexity index is 511. The van der Waals surface area contributed by atoms with Crippen molar-refractivity contribution in [2.75, 3.05) is 13.2 Å². The summed E-state index contributed by atoms with van der Waals surface area (Å²) in [6, 6.07) is 5.38. The quantitative estimate of drug-likeness (QED) is 0.618. The molecule has 1 aliphatic heterocycles. The SMILES string of the molecule is CCC(CNC(=O)c1cccc2c1COB2O)CC(C)C.CP. The number of nitrogens with one attached hydrogen (secondary N) is 1. The Morgan fingerprint density at radius 2 is 2.13 bits per heavy atom. The van der Waals surface area contributed by atoms with E-state index in [1.165, 1.54) is 0 Å². The van der Waals surface area contributed by atoms with Crippen LogP contribution in [0.15, 0.2) is 18.2 Å². The number of carbonyl (C=O) groups excluding carboxylic acids is 1. The van der Waals surface area contributed by atoms with E-state index in [9.17, 15) is 9.82 Å². The summed E-state index contributed by atoms with van der Waals surface area (Å²) < 4.78 is 5.19. The molecule has 0 radical (unpaired) electrons. The molecule has 1 aromatic rings. The number of fused-ring (bicyclic) bond motifs is 1. The zero-order valence-electron chi connectivity index (χ0n) is 14.6. The maximum Gasteiger partial charge on any atom is 0.491 e. The van der Waals surface area contributed by atoms with Gasteiger partial charge >= 0.3 is 7.12 Å². The van der Waals surface area contributed by atoms with Crippen molar-refractivity contribution in [3.05, 3.63) is 29.3 Å². The van der Waals surface area contributed by atoms with E-state index < -0.39 is 7.12 Å². The van der Waals surface area contributed by atoms with Gasteiger partial charge in [-0.25, -0.2) is 0 Å². The van der Waals surface area contributed by atoms with Crippen LogP contribution in [0, 0.1) is 11.8 Å². The van der Waals surface area contributed by atoms with E-state index in [1.54, 1.807) is 18.2 Å². The van der Waals surface area contributed by atoms with Crippen LogP contribution in [0.5, 0.6) is 0 Å². The lowest BCUT2D eigenvalue weighted by Crippen LogP contribution is -2.33. The largest absolute Gasteiger partial charge is 0.491 e. The van der Waals surface area contributed by atoms with Crippen LogP contribution >= 0.6 is 9.24 Å². The van der Waals surface area contributed by atoms with Gasteiger partial charge in [-0.3, -0.25) is 4.79 Å². The summed E-state index contributed by atoms with van der Waals surface area (Å²) in [5.41, 5.74) is 2.12. The van der Waals surface area contributed by atoms with Gasteiger partial charge in [0.05, 0.1) is 6.61 Å². The maximum absolute atomic E-state index is 12.4. The van der Waals surface area contributed by atoms with Gasteiger partial charge in [0.25, 0.3) is 5.91 Å². The Morgan fingerprint density at radius 1 is 1.43 bits per heavy atom. The lowest BCUT2D eigenvalue weighted by atomic mass is 9.78. The van der Waals surface area contributed by atoms with E-state index in [0.29, 0.717) is 36.0 Å². The van der Waals surface area contributed by atoms with Crippen molar-refractivity contribution in [1.82, 2.24) is 5.32 Å². The zero-order chi connectivity index (χ0) is 17.4. The fourth-order valence-electron chi connectivity index (χ4n) is 2.86. The first-order valence-corrected chi connectivity index (χ1v) is 9.45. The minimum atomic E-state index is -0.905. The maximum atomic E-state index is 12.4. The first-order chi connectivity index (χ1) is 11.0. The predicted octanol–water partition coefficient (Wildman–Crippen LogP) is 2.20. The van der Waals surface area contributed by atoms with Crippen molar-refractivity contribution in [1.29, 1.82) is 0 Å². The van der Waals surface area contributed by atoms with E-state index >= 15 is 0 Å². The van der Waals surface area contributed by atoms with E-state index in [0.717, 1.165) is 18.4 Å². The highest BCUT2D eigenvalue weighted by atomic mass is 31.0. The van der Waals surface area contributed by atoms with E-state index in [4.69, 9.17) is 4.65 Å². The molecule has 6 heteroatoms. The third-order valence-corrected chi connectivity index (χ3v) is 4.04. The molecular weight excluding hydrogens is 308 g/mol. The minimum Gasteiger partial charge on any atom is -0.423 e. The highest BCUT2D eigenvalue weighted by Gasteiger charge is 2.30. The van der Waals surface area contributed by atoms with Crippen LogP contribution in [0.25, 0.3) is 0 Å². The van der Waals surface area contributed by atoms with Gasteiger partial charge in [0, 0.05) is 12.1 Å². The highest BCUT2D eigenvalue weighted by molar-refractivity contribution is 7.15. The topological polar surface area (TPSA) is 58.6 Å². The molecule has 1 amide bonds.